The van der Waals surface area contributed by atoms with E-state index in [-0.39, 0.29) is 18.8 Å². The molecule has 0 saturated carbocycles. The maximum absolute atomic E-state index is 13.0. The van der Waals surface area contributed by atoms with Crippen molar-refractivity contribution < 1.29 is 14.3 Å². The van der Waals surface area contributed by atoms with E-state index in [1.165, 1.54) is 0 Å². The average Bonchev–Trinajstić information content (AvgIpc) is 3.30. The van der Waals surface area contributed by atoms with Crippen molar-refractivity contribution in [3.05, 3.63) is 77.6 Å². The van der Waals surface area contributed by atoms with E-state index in [0.717, 1.165) is 33.5 Å². The van der Waals surface area contributed by atoms with Crippen molar-refractivity contribution in [3.63, 3.8) is 0 Å². The van der Waals surface area contributed by atoms with E-state index in [0.29, 0.717) is 12.1 Å². The Bertz CT molecular complexity index is 1210. The number of H-pyrrole nitrogens is 1. The summed E-state index contributed by atoms with van der Waals surface area (Å²) in [6, 6.07) is 19.3. The van der Waals surface area contributed by atoms with Crippen molar-refractivity contribution in [1.82, 2.24) is 14.8 Å². The molecule has 30 heavy (non-hydrogen) atoms. The lowest BCUT2D eigenvalue weighted by Crippen LogP contribution is -2.16. The van der Waals surface area contributed by atoms with E-state index in [9.17, 15) is 9.59 Å². The number of ketones is 1. The van der Waals surface area contributed by atoms with Crippen molar-refractivity contribution >= 4 is 22.7 Å². The number of fused-ring (bicyclic) bond motifs is 1. The van der Waals surface area contributed by atoms with Crippen LogP contribution in [0.25, 0.3) is 22.2 Å². The zero-order valence-electron chi connectivity index (χ0n) is 17.0. The fourth-order valence-electron chi connectivity index (χ4n) is 3.64. The highest BCUT2D eigenvalue weighted by Gasteiger charge is 2.20. The normalized spacial score (nSPS) is 11.0. The number of Topliss-reactive ketones (excluding diaryl/α,β-unsaturated/α-hetero) is 1. The Morgan fingerprint density at radius 3 is 2.50 bits per heavy atom. The second kappa shape index (κ2) is 8.37. The Kier molecular flexibility index (Phi) is 5.48. The molecule has 2 heterocycles. The molecule has 4 rings (SSSR count). The summed E-state index contributed by atoms with van der Waals surface area (Å²) in [7, 11) is 0. The molecule has 6 heteroatoms. The summed E-state index contributed by atoms with van der Waals surface area (Å²) < 4.78 is 7.06. The molecule has 0 unspecified atom stereocenters. The van der Waals surface area contributed by atoms with Crippen molar-refractivity contribution in [1.29, 1.82) is 0 Å². The first-order valence-corrected chi connectivity index (χ1v) is 9.89. The summed E-state index contributed by atoms with van der Waals surface area (Å²) >= 11 is 0. The molecule has 0 atom stereocenters. The zero-order chi connectivity index (χ0) is 21.1. The van der Waals surface area contributed by atoms with Crippen LogP contribution in [0, 0.1) is 13.8 Å². The fourth-order valence-corrected chi connectivity index (χ4v) is 3.64. The van der Waals surface area contributed by atoms with Crippen LogP contribution in [-0.4, -0.2) is 33.1 Å². The quantitative estimate of drug-likeness (QED) is 0.366. The van der Waals surface area contributed by atoms with Crippen LogP contribution in [0.2, 0.25) is 0 Å². The fraction of sp³-hybridized carbons (Fsp3) is 0.208. The van der Waals surface area contributed by atoms with Crippen LogP contribution in [0.3, 0.4) is 0 Å². The van der Waals surface area contributed by atoms with Gasteiger partial charge >= 0.3 is 5.97 Å². The number of aryl methyl sites for hydroxylation is 3. The lowest BCUT2D eigenvalue weighted by molar-refractivity contribution is -0.142. The van der Waals surface area contributed by atoms with Crippen LogP contribution < -0.4 is 0 Å². The minimum absolute atomic E-state index is 0.161. The molecule has 1 N–H and O–H groups in total. The van der Waals surface area contributed by atoms with Crippen molar-refractivity contribution in [2.75, 3.05) is 6.61 Å². The number of rotatable bonds is 7. The van der Waals surface area contributed by atoms with Crippen LogP contribution in [0.1, 0.15) is 28.2 Å². The molecule has 2 aromatic heterocycles. The van der Waals surface area contributed by atoms with Crippen molar-refractivity contribution in [2.24, 2.45) is 0 Å². The molecule has 0 aliphatic carbocycles. The highest BCUT2D eigenvalue weighted by atomic mass is 16.5. The van der Waals surface area contributed by atoms with Crippen LogP contribution in [0.4, 0.5) is 0 Å². The number of hydrogen-bond donors (Lipinski definition) is 1. The van der Waals surface area contributed by atoms with E-state index in [1.54, 1.807) is 4.68 Å². The number of nitrogens with one attached hydrogen (secondary N) is 1. The first kappa shape index (κ1) is 19.6. The molecule has 152 valence electrons. The molecule has 2 aromatic carbocycles. The number of ether oxygens (including phenoxy) is 1. The SMILES string of the molecule is Cc1cc(C)n(CCC(=O)OCC(=O)c2c(-c3ccccc3)[nH]c3ccccc23)n1. The largest absolute Gasteiger partial charge is 0.457 e. The molecule has 6 nitrogen and oxygen atoms in total. The number of nitrogens with zero attached hydrogens (tertiary/aromatic N) is 2. The average molecular weight is 401 g/mol. The number of esters is 1. The van der Waals surface area contributed by atoms with Gasteiger partial charge in [0.05, 0.1) is 29.9 Å². The molecule has 0 radical (unpaired) electrons. The maximum Gasteiger partial charge on any atom is 0.308 e. The van der Waals surface area contributed by atoms with Crippen LogP contribution in [0.15, 0.2) is 60.7 Å². The van der Waals surface area contributed by atoms with Gasteiger partial charge in [0.15, 0.2) is 6.61 Å². The first-order chi connectivity index (χ1) is 14.5. The van der Waals surface area contributed by atoms with Crippen molar-refractivity contribution in [3.8, 4) is 11.3 Å². The summed E-state index contributed by atoms with van der Waals surface area (Å²) in [5, 5.41) is 5.15. The molecule has 0 fully saturated rings. The molecule has 0 amide bonds. The van der Waals surface area contributed by atoms with Crippen molar-refractivity contribution in [2.45, 2.75) is 26.8 Å². The molecule has 0 bridgehead atoms. The van der Waals surface area contributed by atoms with E-state index < -0.39 is 5.97 Å². The first-order valence-electron chi connectivity index (χ1n) is 9.89. The summed E-state index contributed by atoms with van der Waals surface area (Å²) in [6.45, 7) is 3.98. The highest BCUT2D eigenvalue weighted by Crippen LogP contribution is 2.30. The van der Waals surface area contributed by atoms with Gasteiger partial charge in [0.25, 0.3) is 0 Å². The molecule has 0 saturated heterocycles. The summed E-state index contributed by atoms with van der Waals surface area (Å²) in [6.07, 6.45) is 0.161. The third kappa shape index (κ3) is 4.03. The van der Waals surface area contributed by atoms with Gasteiger partial charge in [-0.2, -0.15) is 5.10 Å². The van der Waals surface area contributed by atoms with E-state index in [2.05, 4.69) is 10.1 Å². The van der Waals surface area contributed by atoms with Gasteiger partial charge in [0, 0.05) is 16.6 Å². The van der Waals surface area contributed by atoms with Gasteiger partial charge in [-0.25, -0.2) is 0 Å². The smallest absolute Gasteiger partial charge is 0.308 e. The Hall–Kier alpha value is -3.67. The Morgan fingerprint density at radius 1 is 1.03 bits per heavy atom. The lowest BCUT2D eigenvalue weighted by Gasteiger charge is -2.07. The van der Waals surface area contributed by atoms with Gasteiger partial charge < -0.3 is 9.72 Å². The highest BCUT2D eigenvalue weighted by molar-refractivity contribution is 6.14. The Morgan fingerprint density at radius 2 is 1.77 bits per heavy atom. The molecular formula is C24H23N3O3. The summed E-state index contributed by atoms with van der Waals surface area (Å²) in [4.78, 5) is 28.6. The second-order valence-electron chi connectivity index (χ2n) is 7.27. The maximum atomic E-state index is 13.0. The third-order valence-electron chi connectivity index (χ3n) is 5.04. The van der Waals surface area contributed by atoms with Gasteiger partial charge in [0.2, 0.25) is 5.78 Å². The predicted octanol–water partition coefficient (Wildman–Crippen LogP) is 4.46. The number of para-hydroxylation sites is 1. The molecule has 4 aromatic rings. The number of carbonyl (C=O) groups excluding carboxylic acids is 2. The van der Waals surface area contributed by atoms with Crippen LogP contribution >= 0.6 is 0 Å². The molecule has 0 spiro atoms. The van der Waals surface area contributed by atoms with E-state index >= 15 is 0 Å². The standard InChI is InChI=1S/C24H23N3O3/c1-16-14-17(2)27(26-16)13-12-22(29)30-15-21(28)23-19-10-6-7-11-20(19)25-24(23)18-8-4-3-5-9-18/h3-11,14,25H,12-13,15H2,1-2H3. The Balaban J connectivity index is 1.49. The minimum Gasteiger partial charge on any atom is -0.457 e. The summed E-state index contributed by atoms with van der Waals surface area (Å²) in [5.74, 6) is -0.650. The Labute approximate surface area is 174 Å². The predicted molar refractivity (Wildman–Crippen MR) is 115 cm³/mol. The third-order valence-corrected chi connectivity index (χ3v) is 5.04. The molecule has 0 aliphatic rings. The molecule has 0 aliphatic heterocycles. The van der Waals surface area contributed by atoms with E-state index in [1.807, 2.05) is 74.5 Å². The molecular weight excluding hydrogens is 378 g/mol. The second-order valence-corrected chi connectivity index (χ2v) is 7.27. The topological polar surface area (TPSA) is 77.0 Å². The van der Waals surface area contributed by atoms with Gasteiger partial charge in [-0.3, -0.25) is 14.3 Å². The number of aromatic amines is 1. The van der Waals surface area contributed by atoms with E-state index in [4.69, 9.17) is 4.74 Å². The monoisotopic (exact) mass is 401 g/mol. The number of carbonyl (C=O) groups is 2. The lowest BCUT2D eigenvalue weighted by atomic mass is 10.0. The minimum atomic E-state index is -0.419. The van der Waals surface area contributed by atoms with Gasteiger partial charge in [-0.15, -0.1) is 0 Å². The number of benzene rings is 2. The number of aromatic nitrogens is 3. The summed E-state index contributed by atoms with van der Waals surface area (Å²) in [5.41, 5.74) is 4.96. The van der Waals surface area contributed by atoms with Gasteiger partial charge in [0.1, 0.15) is 0 Å². The zero-order valence-corrected chi connectivity index (χ0v) is 17.0. The van der Waals surface area contributed by atoms with Gasteiger partial charge in [-0.1, -0.05) is 48.5 Å². The number of hydrogen-bond acceptors (Lipinski definition) is 4. The van der Waals surface area contributed by atoms with Crippen LogP contribution in [0.5, 0.6) is 0 Å². The van der Waals surface area contributed by atoms with Gasteiger partial charge in [-0.05, 0) is 31.5 Å². The van der Waals surface area contributed by atoms with Crippen LogP contribution in [-0.2, 0) is 16.1 Å².